The van der Waals surface area contributed by atoms with Gasteiger partial charge in [-0.15, -0.1) is 0 Å². The number of pyridine rings is 1. The lowest BCUT2D eigenvalue weighted by Crippen LogP contribution is -2.35. The van der Waals surface area contributed by atoms with Crippen molar-refractivity contribution >= 4 is 6.09 Å². The minimum absolute atomic E-state index is 0.326. The highest BCUT2D eigenvalue weighted by molar-refractivity contribution is 5.67. The molecule has 1 amide bonds. The summed E-state index contributed by atoms with van der Waals surface area (Å²) in [7, 11) is 0. The lowest BCUT2D eigenvalue weighted by atomic mass is 10.1. The molecular weight excluding hydrogens is 266 g/mol. The molecule has 0 aromatic carbocycles. The number of rotatable bonds is 4. The molecule has 1 N–H and O–H groups in total. The van der Waals surface area contributed by atoms with E-state index < -0.39 is 5.60 Å². The van der Waals surface area contributed by atoms with E-state index in [2.05, 4.69) is 21.3 Å². The first-order valence-electron chi connectivity index (χ1n) is 7.50. The van der Waals surface area contributed by atoms with Crippen LogP contribution in [0, 0.1) is 5.92 Å². The van der Waals surface area contributed by atoms with Gasteiger partial charge in [-0.05, 0) is 51.3 Å². The number of aromatic nitrogens is 1. The molecule has 1 aromatic rings. The maximum absolute atomic E-state index is 11.6. The molecule has 0 saturated carbocycles. The van der Waals surface area contributed by atoms with Gasteiger partial charge in [0, 0.05) is 32.0 Å². The zero-order valence-corrected chi connectivity index (χ0v) is 13.1. The van der Waals surface area contributed by atoms with Gasteiger partial charge in [-0.3, -0.25) is 9.88 Å². The monoisotopic (exact) mass is 291 g/mol. The molecule has 1 aliphatic heterocycles. The third-order valence-corrected chi connectivity index (χ3v) is 3.43. The second-order valence-corrected chi connectivity index (χ2v) is 6.63. The summed E-state index contributed by atoms with van der Waals surface area (Å²) in [6.45, 7) is 9.29. The van der Waals surface area contributed by atoms with Crippen LogP contribution < -0.4 is 5.32 Å². The fourth-order valence-electron chi connectivity index (χ4n) is 2.51. The number of nitrogens with zero attached hydrogens (tertiary/aromatic N) is 2. The van der Waals surface area contributed by atoms with Crippen LogP contribution in [0.15, 0.2) is 24.5 Å². The quantitative estimate of drug-likeness (QED) is 0.925. The van der Waals surface area contributed by atoms with Crippen LogP contribution in [0.25, 0.3) is 0 Å². The first-order valence-corrected chi connectivity index (χ1v) is 7.50. The number of hydrogen-bond acceptors (Lipinski definition) is 4. The van der Waals surface area contributed by atoms with E-state index in [9.17, 15) is 4.79 Å². The maximum Gasteiger partial charge on any atom is 0.407 e. The SMILES string of the molecule is CC(C)(C)OC(=O)NC[C@H]1CCN(Cc2cccnc2)C1. The van der Waals surface area contributed by atoms with Gasteiger partial charge in [-0.2, -0.15) is 0 Å². The molecule has 1 aromatic heterocycles. The Morgan fingerprint density at radius 2 is 2.33 bits per heavy atom. The van der Waals surface area contributed by atoms with Gasteiger partial charge in [-0.25, -0.2) is 4.79 Å². The van der Waals surface area contributed by atoms with Crippen LogP contribution in [0.3, 0.4) is 0 Å². The molecule has 0 bridgehead atoms. The number of carbonyl (C=O) groups excluding carboxylic acids is 1. The van der Waals surface area contributed by atoms with E-state index in [1.807, 2.05) is 33.0 Å². The Labute approximate surface area is 126 Å². The topological polar surface area (TPSA) is 54.5 Å². The van der Waals surface area contributed by atoms with Gasteiger partial charge in [0.1, 0.15) is 5.60 Å². The predicted molar refractivity (Wildman–Crippen MR) is 81.9 cm³/mol. The van der Waals surface area contributed by atoms with Crippen molar-refractivity contribution in [3.8, 4) is 0 Å². The van der Waals surface area contributed by atoms with Crippen LogP contribution in [0.1, 0.15) is 32.8 Å². The van der Waals surface area contributed by atoms with Crippen molar-refractivity contribution in [1.82, 2.24) is 15.2 Å². The van der Waals surface area contributed by atoms with Crippen LogP contribution in [0.2, 0.25) is 0 Å². The van der Waals surface area contributed by atoms with E-state index in [1.165, 1.54) is 5.56 Å². The second-order valence-electron chi connectivity index (χ2n) is 6.63. The molecule has 1 fully saturated rings. The van der Waals surface area contributed by atoms with Crippen LogP contribution in [0.5, 0.6) is 0 Å². The van der Waals surface area contributed by atoms with Crippen molar-refractivity contribution in [2.45, 2.75) is 39.3 Å². The highest BCUT2D eigenvalue weighted by atomic mass is 16.6. The molecule has 0 spiro atoms. The number of carbonyl (C=O) groups is 1. The normalized spacial score (nSPS) is 19.5. The Morgan fingerprint density at radius 1 is 1.52 bits per heavy atom. The first-order chi connectivity index (χ1) is 9.92. The van der Waals surface area contributed by atoms with E-state index in [4.69, 9.17) is 4.74 Å². The molecule has 1 atom stereocenters. The first kappa shape index (κ1) is 15.8. The summed E-state index contributed by atoms with van der Waals surface area (Å²) in [5.74, 6) is 0.495. The Balaban J connectivity index is 1.69. The van der Waals surface area contributed by atoms with Crippen LogP contribution >= 0.6 is 0 Å². The molecule has 1 saturated heterocycles. The smallest absolute Gasteiger partial charge is 0.407 e. The summed E-state index contributed by atoms with van der Waals surface area (Å²) >= 11 is 0. The molecule has 2 heterocycles. The van der Waals surface area contributed by atoms with E-state index in [0.29, 0.717) is 12.5 Å². The predicted octanol–water partition coefficient (Wildman–Crippen LogP) is 2.43. The molecule has 21 heavy (non-hydrogen) atoms. The minimum Gasteiger partial charge on any atom is -0.444 e. The fourth-order valence-corrected chi connectivity index (χ4v) is 2.51. The van der Waals surface area contributed by atoms with Gasteiger partial charge in [0.2, 0.25) is 0 Å². The number of amides is 1. The van der Waals surface area contributed by atoms with E-state index in [-0.39, 0.29) is 6.09 Å². The summed E-state index contributed by atoms with van der Waals surface area (Å²) in [4.78, 5) is 18.2. The number of likely N-dealkylation sites (tertiary alicyclic amines) is 1. The van der Waals surface area contributed by atoms with Gasteiger partial charge >= 0.3 is 6.09 Å². The molecule has 116 valence electrons. The van der Waals surface area contributed by atoms with Crippen LogP contribution in [-0.2, 0) is 11.3 Å². The van der Waals surface area contributed by atoms with Crippen molar-refractivity contribution in [3.05, 3.63) is 30.1 Å². The van der Waals surface area contributed by atoms with Crippen molar-refractivity contribution in [3.63, 3.8) is 0 Å². The number of alkyl carbamates (subject to hydrolysis) is 1. The molecule has 2 rings (SSSR count). The Kier molecular flexibility index (Phi) is 5.17. The maximum atomic E-state index is 11.6. The summed E-state index contributed by atoms with van der Waals surface area (Å²) in [5, 5.41) is 2.87. The van der Waals surface area contributed by atoms with Gasteiger partial charge in [-0.1, -0.05) is 6.07 Å². The highest BCUT2D eigenvalue weighted by Crippen LogP contribution is 2.18. The second kappa shape index (κ2) is 6.89. The van der Waals surface area contributed by atoms with Gasteiger partial charge in [0.25, 0.3) is 0 Å². The Hall–Kier alpha value is -1.62. The fraction of sp³-hybridized carbons (Fsp3) is 0.625. The van der Waals surface area contributed by atoms with E-state index >= 15 is 0 Å². The molecule has 5 nitrogen and oxygen atoms in total. The summed E-state index contributed by atoms with van der Waals surface area (Å²) in [6, 6.07) is 4.06. The van der Waals surface area contributed by atoms with Crippen molar-refractivity contribution in [2.75, 3.05) is 19.6 Å². The summed E-state index contributed by atoms with van der Waals surface area (Å²) in [6.07, 6.45) is 4.48. The Morgan fingerprint density at radius 3 is 3.00 bits per heavy atom. The summed E-state index contributed by atoms with van der Waals surface area (Å²) in [5.41, 5.74) is 0.796. The van der Waals surface area contributed by atoms with Crippen molar-refractivity contribution in [2.24, 2.45) is 5.92 Å². The average Bonchev–Trinajstić information content (AvgIpc) is 2.83. The standard InChI is InChI=1S/C16H25N3O2/c1-16(2,3)21-15(20)18-10-14-6-8-19(12-14)11-13-5-4-7-17-9-13/h4-5,7,9,14H,6,8,10-12H2,1-3H3,(H,18,20)/t14-/m1/s1. The summed E-state index contributed by atoms with van der Waals surface area (Å²) < 4.78 is 5.25. The zero-order chi connectivity index (χ0) is 15.3. The third-order valence-electron chi connectivity index (χ3n) is 3.43. The number of ether oxygens (including phenoxy) is 1. The molecule has 0 unspecified atom stereocenters. The van der Waals surface area contributed by atoms with Crippen LogP contribution in [-0.4, -0.2) is 41.2 Å². The van der Waals surface area contributed by atoms with Gasteiger partial charge in [0.05, 0.1) is 0 Å². The molecule has 0 aliphatic carbocycles. The van der Waals surface area contributed by atoms with Gasteiger partial charge in [0.15, 0.2) is 0 Å². The average molecular weight is 291 g/mol. The third kappa shape index (κ3) is 5.71. The van der Waals surface area contributed by atoms with E-state index in [1.54, 1.807) is 6.20 Å². The Bertz CT molecular complexity index is 456. The van der Waals surface area contributed by atoms with E-state index in [0.717, 1.165) is 26.1 Å². The minimum atomic E-state index is -0.438. The highest BCUT2D eigenvalue weighted by Gasteiger charge is 2.24. The van der Waals surface area contributed by atoms with Crippen molar-refractivity contribution in [1.29, 1.82) is 0 Å². The largest absolute Gasteiger partial charge is 0.444 e. The molecular formula is C16H25N3O2. The zero-order valence-electron chi connectivity index (χ0n) is 13.1. The lowest BCUT2D eigenvalue weighted by Gasteiger charge is -2.21. The number of hydrogen-bond donors (Lipinski definition) is 1. The van der Waals surface area contributed by atoms with Crippen LogP contribution in [0.4, 0.5) is 4.79 Å². The molecule has 1 aliphatic rings. The number of nitrogens with one attached hydrogen (secondary N) is 1. The van der Waals surface area contributed by atoms with Crippen molar-refractivity contribution < 1.29 is 9.53 Å². The lowest BCUT2D eigenvalue weighted by molar-refractivity contribution is 0.0519. The molecule has 5 heteroatoms. The van der Waals surface area contributed by atoms with Gasteiger partial charge < -0.3 is 10.1 Å². The molecule has 0 radical (unpaired) electrons.